The van der Waals surface area contributed by atoms with Gasteiger partial charge in [-0.2, -0.15) is 30.3 Å². The third-order valence-electron chi connectivity index (χ3n) is 2.16. The van der Waals surface area contributed by atoms with Crippen molar-refractivity contribution >= 4 is 5.78 Å². The number of hydrogen-bond acceptors (Lipinski definition) is 1. The molecule has 1 nitrogen and oxygen atoms in total. The third kappa shape index (κ3) is 5.74. The van der Waals surface area contributed by atoms with Gasteiger partial charge in [0.15, 0.2) is 0 Å². The van der Waals surface area contributed by atoms with Crippen LogP contribution in [0.5, 0.6) is 0 Å². The summed E-state index contributed by atoms with van der Waals surface area (Å²) in [6, 6.07) is 17.5. The summed E-state index contributed by atoms with van der Waals surface area (Å²) in [6.45, 7) is 5.80. The summed E-state index contributed by atoms with van der Waals surface area (Å²) in [6.07, 6.45) is 0. The molecule has 0 heterocycles. The van der Waals surface area contributed by atoms with Crippen molar-refractivity contribution in [3.63, 3.8) is 0 Å². The van der Waals surface area contributed by atoms with Crippen LogP contribution in [-0.2, 0) is 19.5 Å². The second kappa shape index (κ2) is 7.34. The van der Waals surface area contributed by atoms with E-state index in [0.717, 1.165) is 5.56 Å². The van der Waals surface area contributed by atoms with Gasteiger partial charge in [0.2, 0.25) is 0 Å². The van der Waals surface area contributed by atoms with E-state index in [2.05, 4.69) is 0 Å². The molecule has 0 spiro atoms. The maximum Gasteiger partial charge on any atom is 2.00 e. The zero-order chi connectivity index (χ0) is 12.0. The number of ketones is 1. The van der Waals surface area contributed by atoms with Crippen molar-refractivity contribution in [2.75, 3.05) is 0 Å². The molecule has 92 valence electrons. The Morgan fingerprint density at radius 3 is 1.76 bits per heavy atom. The van der Waals surface area contributed by atoms with Crippen LogP contribution in [0.15, 0.2) is 54.6 Å². The first kappa shape index (κ1) is 16.0. The predicted molar refractivity (Wildman–Crippen MR) is 67.9 cm³/mol. The smallest absolute Gasteiger partial charge is 0.308 e. The molecule has 0 saturated heterocycles. The molecular formula is C15H18ORu. The van der Waals surface area contributed by atoms with Crippen LogP contribution < -0.4 is 0 Å². The molecule has 0 fully saturated rings. The SMILES string of the molecule is CC(C)(C)C(=O)[c-]1cccc1.[Ru+2].c1cc[cH-]c1. The zero-order valence-corrected chi connectivity index (χ0v) is 12.2. The van der Waals surface area contributed by atoms with E-state index >= 15 is 0 Å². The van der Waals surface area contributed by atoms with E-state index in [1.807, 2.05) is 75.4 Å². The van der Waals surface area contributed by atoms with Gasteiger partial charge in [0.25, 0.3) is 0 Å². The number of rotatable bonds is 1. The Labute approximate surface area is 116 Å². The number of carbonyl (C=O) groups excluding carboxylic acids is 1. The fourth-order valence-electron chi connectivity index (χ4n) is 1.28. The summed E-state index contributed by atoms with van der Waals surface area (Å²) in [5, 5.41) is 0. The summed E-state index contributed by atoms with van der Waals surface area (Å²) in [7, 11) is 0. The van der Waals surface area contributed by atoms with E-state index < -0.39 is 0 Å². The molecule has 0 radical (unpaired) electrons. The minimum absolute atomic E-state index is 0. The molecule has 0 aliphatic heterocycles. The van der Waals surface area contributed by atoms with Gasteiger partial charge < -0.3 is 4.79 Å². The van der Waals surface area contributed by atoms with Gasteiger partial charge in [-0.05, 0) is 0 Å². The van der Waals surface area contributed by atoms with Gasteiger partial charge in [0.05, 0.1) is 0 Å². The van der Waals surface area contributed by atoms with Gasteiger partial charge in [-0.25, -0.2) is 24.3 Å². The van der Waals surface area contributed by atoms with Crippen LogP contribution in [-0.4, -0.2) is 5.78 Å². The van der Waals surface area contributed by atoms with Crippen molar-refractivity contribution in [1.82, 2.24) is 0 Å². The van der Waals surface area contributed by atoms with Gasteiger partial charge >= 0.3 is 19.5 Å². The average Bonchev–Trinajstić information content (AvgIpc) is 2.91. The first-order valence-corrected chi connectivity index (χ1v) is 5.45. The average molecular weight is 315 g/mol. The normalized spacial score (nSPS) is 9.82. The topological polar surface area (TPSA) is 17.1 Å². The molecule has 2 heteroatoms. The zero-order valence-electron chi connectivity index (χ0n) is 10.5. The molecule has 2 rings (SSSR count). The van der Waals surface area contributed by atoms with Gasteiger partial charge in [-0.1, -0.05) is 26.3 Å². The largest absolute Gasteiger partial charge is 2.00 e. The summed E-state index contributed by atoms with van der Waals surface area (Å²) >= 11 is 0. The maximum atomic E-state index is 11.5. The molecular weight excluding hydrogens is 297 g/mol. The Balaban J connectivity index is 0.000000360. The van der Waals surface area contributed by atoms with E-state index in [0.29, 0.717) is 0 Å². The van der Waals surface area contributed by atoms with Crippen LogP contribution in [0.25, 0.3) is 0 Å². The summed E-state index contributed by atoms with van der Waals surface area (Å²) < 4.78 is 0. The maximum absolute atomic E-state index is 11.5. The Hall–Kier alpha value is -1.01. The van der Waals surface area contributed by atoms with E-state index in [1.165, 1.54) is 0 Å². The molecule has 0 aliphatic carbocycles. The summed E-state index contributed by atoms with van der Waals surface area (Å²) in [5.74, 6) is 0.211. The van der Waals surface area contributed by atoms with Gasteiger partial charge in [0, 0.05) is 5.41 Å². The summed E-state index contributed by atoms with van der Waals surface area (Å²) in [4.78, 5) is 11.5. The van der Waals surface area contributed by atoms with Crippen LogP contribution in [0, 0.1) is 5.41 Å². The van der Waals surface area contributed by atoms with E-state index in [9.17, 15) is 4.79 Å². The molecule has 17 heavy (non-hydrogen) atoms. The van der Waals surface area contributed by atoms with Crippen LogP contribution in [0.4, 0.5) is 0 Å². The minimum atomic E-state index is -0.256. The minimum Gasteiger partial charge on any atom is -0.308 e. The van der Waals surface area contributed by atoms with Crippen molar-refractivity contribution in [1.29, 1.82) is 0 Å². The van der Waals surface area contributed by atoms with Crippen LogP contribution in [0.3, 0.4) is 0 Å². The first-order valence-electron chi connectivity index (χ1n) is 5.45. The molecule has 0 unspecified atom stereocenters. The van der Waals surface area contributed by atoms with Crippen molar-refractivity contribution in [3.05, 3.63) is 60.2 Å². The van der Waals surface area contributed by atoms with Crippen molar-refractivity contribution in [2.24, 2.45) is 5.41 Å². The Kier molecular flexibility index (Phi) is 6.91. The van der Waals surface area contributed by atoms with Crippen molar-refractivity contribution in [2.45, 2.75) is 20.8 Å². The first-order chi connectivity index (χ1) is 7.52. The second-order valence-corrected chi connectivity index (χ2v) is 4.71. The van der Waals surface area contributed by atoms with Crippen molar-refractivity contribution in [3.8, 4) is 0 Å². The Morgan fingerprint density at radius 2 is 1.47 bits per heavy atom. The fraction of sp³-hybridized carbons (Fsp3) is 0.267. The Morgan fingerprint density at radius 1 is 1.00 bits per heavy atom. The van der Waals surface area contributed by atoms with Crippen LogP contribution in [0.1, 0.15) is 31.1 Å². The quantitative estimate of drug-likeness (QED) is 0.441. The molecule has 0 atom stereocenters. The van der Waals surface area contributed by atoms with E-state index in [4.69, 9.17) is 0 Å². The van der Waals surface area contributed by atoms with Gasteiger partial charge in [0.1, 0.15) is 5.78 Å². The second-order valence-electron chi connectivity index (χ2n) is 4.71. The van der Waals surface area contributed by atoms with Gasteiger partial charge in [-0.3, -0.25) is 0 Å². The van der Waals surface area contributed by atoms with Crippen LogP contribution >= 0.6 is 0 Å². The summed E-state index contributed by atoms with van der Waals surface area (Å²) in [5.41, 5.74) is 0.562. The number of carbonyl (C=O) groups is 1. The van der Waals surface area contributed by atoms with Crippen LogP contribution in [0.2, 0.25) is 0 Å². The third-order valence-corrected chi connectivity index (χ3v) is 2.16. The molecule has 0 N–H and O–H groups in total. The predicted octanol–water partition coefficient (Wildman–Crippen LogP) is 4.04. The van der Waals surface area contributed by atoms with E-state index in [1.54, 1.807) is 0 Å². The molecule has 0 aliphatic rings. The van der Waals surface area contributed by atoms with E-state index in [-0.39, 0.29) is 30.7 Å². The molecule has 0 amide bonds. The van der Waals surface area contributed by atoms with Gasteiger partial charge in [-0.15, -0.1) is 0 Å². The standard InChI is InChI=1S/C10H13O.C5H5.Ru/c1-10(2,3)9(11)8-6-4-5-7-8;1-2-4-5-3-1;/h4-7H,1-3H3;1-5H;/q2*-1;+2. The Bertz CT molecular complexity index is 373. The monoisotopic (exact) mass is 316 g/mol. The number of hydrogen-bond donors (Lipinski definition) is 0. The molecule has 0 saturated carbocycles. The molecule has 0 aromatic heterocycles. The fourth-order valence-corrected chi connectivity index (χ4v) is 1.28. The molecule has 0 bridgehead atoms. The molecule has 2 aromatic carbocycles. The number of Topliss-reactive ketones (excluding diaryl/α,β-unsaturated/α-hetero) is 1. The molecule has 2 aromatic rings. The van der Waals surface area contributed by atoms with Crippen molar-refractivity contribution < 1.29 is 24.3 Å².